The molecule has 1 aromatic carbocycles. The predicted molar refractivity (Wildman–Crippen MR) is 67.0 cm³/mol. The number of nitrogens with one attached hydrogen (secondary N) is 1. The fraction of sp³-hybridized carbons (Fsp3) is 0.154. The van der Waals surface area contributed by atoms with Crippen LogP contribution in [0, 0.1) is 13.8 Å². The Morgan fingerprint density at radius 3 is 2.71 bits per heavy atom. The summed E-state index contributed by atoms with van der Waals surface area (Å²) < 4.78 is 5.02. The molecular weight excluding hydrogens is 216 g/mol. The van der Waals surface area contributed by atoms with Crippen LogP contribution in [0.4, 0.5) is 11.4 Å². The summed E-state index contributed by atoms with van der Waals surface area (Å²) in [5.74, 6) is -0.0271. The van der Waals surface area contributed by atoms with E-state index >= 15 is 0 Å². The fourth-order valence-electron chi connectivity index (χ4n) is 1.59. The molecule has 4 nitrogen and oxygen atoms in total. The van der Waals surface area contributed by atoms with Gasteiger partial charge in [-0.3, -0.25) is 4.79 Å². The molecule has 2 rings (SSSR count). The highest BCUT2D eigenvalue weighted by Crippen LogP contribution is 2.26. The van der Waals surface area contributed by atoms with Crippen molar-refractivity contribution >= 4 is 17.3 Å². The Morgan fingerprint density at radius 2 is 2.06 bits per heavy atom. The van der Waals surface area contributed by atoms with Crippen LogP contribution < -0.4 is 11.1 Å². The van der Waals surface area contributed by atoms with Crippen molar-refractivity contribution in [2.24, 2.45) is 0 Å². The normalized spacial score (nSPS) is 10.2. The summed E-state index contributed by atoms with van der Waals surface area (Å²) in [4.78, 5) is 11.8. The van der Waals surface area contributed by atoms with Gasteiger partial charge in [-0.2, -0.15) is 0 Å². The molecule has 1 amide bonds. The lowest BCUT2D eigenvalue weighted by atomic mass is 10.1. The number of nitrogens with two attached hydrogens (primary N) is 1. The summed E-state index contributed by atoms with van der Waals surface area (Å²) in [6.45, 7) is 3.89. The molecule has 0 fully saturated rings. The van der Waals surface area contributed by atoms with Crippen molar-refractivity contribution in [1.29, 1.82) is 0 Å². The van der Waals surface area contributed by atoms with E-state index in [4.69, 9.17) is 10.2 Å². The van der Waals surface area contributed by atoms with Crippen LogP contribution in [0.2, 0.25) is 0 Å². The molecule has 0 unspecified atom stereocenters. The van der Waals surface area contributed by atoms with Crippen LogP contribution in [-0.2, 0) is 0 Å². The lowest BCUT2D eigenvalue weighted by molar-refractivity contribution is 0.0996. The zero-order valence-electron chi connectivity index (χ0n) is 9.78. The van der Waals surface area contributed by atoms with Crippen molar-refractivity contribution in [2.45, 2.75) is 13.8 Å². The van der Waals surface area contributed by atoms with Gasteiger partial charge in [0, 0.05) is 0 Å². The third-order valence-corrected chi connectivity index (χ3v) is 2.75. The van der Waals surface area contributed by atoms with Gasteiger partial charge in [0.25, 0.3) is 5.91 Å². The van der Waals surface area contributed by atoms with Crippen LogP contribution in [0.1, 0.15) is 21.7 Å². The van der Waals surface area contributed by atoms with Gasteiger partial charge in [0.1, 0.15) is 0 Å². The third kappa shape index (κ3) is 2.15. The minimum absolute atomic E-state index is 0.269. The van der Waals surface area contributed by atoms with E-state index in [2.05, 4.69) is 5.32 Å². The van der Waals surface area contributed by atoms with Gasteiger partial charge < -0.3 is 15.5 Å². The molecular formula is C13H14N2O2. The van der Waals surface area contributed by atoms with Crippen molar-refractivity contribution in [3.05, 3.63) is 47.4 Å². The van der Waals surface area contributed by atoms with Gasteiger partial charge in [0.15, 0.2) is 5.76 Å². The fourth-order valence-corrected chi connectivity index (χ4v) is 1.59. The Morgan fingerprint density at radius 1 is 1.29 bits per heavy atom. The summed E-state index contributed by atoms with van der Waals surface area (Å²) in [5, 5.41) is 2.76. The molecule has 2 aromatic rings. The third-order valence-electron chi connectivity index (χ3n) is 2.75. The minimum Gasteiger partial charge on any atom is -0.459 e. The van der Waals surface area contributed by atoms with E-state index in [9.17, 15) is 4.79 Å². The molecule has 0 aliphatic heterocycles. The number of amides is 1. The molecule has 0 radical (unpaired) electrons. The van der Waals surface area contributed by atoms with Crippen LogP contribution in [0.25, 0.3) is 0 Å². The monoisotopic (exact) mass is 230 g/mol. The Hall–Kier alpha value is -2.23. The molecule has 0 aliphatic rings. The van der Waals surface area contributed by atoms with Gasteiger partial charge in [-0.15, -0.1) is 0 Å². The van der Waals surface area contributed by atoms with Crippen LogP contribution in [-0.4, -0.2) is 5.91 Å². The van der Waals surface area contributed by atoms with E-state index in [-0.39, 0.29) is 11.7 Å². The molecule has 1 aromatic heterocycles. The first-order chi connectivity index (χ1) is 8.09. The van der Waals surface area contributed by atoms with Gasteiger partial charge in [0.05, 0.1) is 17.6 Å². The van der Waals surface area contributed by atoms with E-state index in [0.29, 0.717) is 11.4 Å². The molecule has 3 N–H and O–H groups in total. The Labute approximate surface area is 99.4 Å². The number of benzene rings is 1. The molecule has 0 spiro atoms. The highest BCUT2D eigenvalue weighted by Gasteiger charge is 2.13. The second-order valence-electron chi connectivity index (χ2n) is 3.90. The number of anilines is 2. The SMILES string of the molecule is Cc1ccc(N)c(NC(=O)c2ccco2)c1C. The molecule has 17 heavy (non-hydrogen) atoms. The first-order valence-electron chi connectivity index (χ1n) is 5.30. The summed E-state index contributed by atoms with van der Waals surface area (Å²) in [7, 11) is 0. The topological polar surface area (TPSA) is 68.3 Å². The quantitative estimate of drug-likeness (QED) is 0.779. The molecule has 0 aliphatic carbocycles. The number of hydrogen-bond donors (Lipinski definition) is 2. The molecule has 0 saturated carbocycles. The van der Waals surface area contributed by atoms with Crippen LogP contribution in [0.5, 0.6) is 0 Å². The Balaban J connectivity index is 2.31. The summed E-state index contributed by atoms with van der Waals surface area (Å²) in [6, 6.07) is 6.98. The van der Waals surface area contributed by atoms with Crippen molar-refractivity contribution in [3.8, 4) is 0 Å². The zero-order valence-corrected chi connectivity index (χ0v) is 9.78. The molecule has 88 valence electrons. The molecule has 0 atom stereocenters. The maximum absolute atomic E-state index is 11.8. The van der Waals surface area contributed by atoms with E-state index in [1.807, 2.05) is 19.9 Å². The molecule has 0 bridgehead atoms. The van der Waals surface area contributed by atoms with E-state index in [1.54, 1.807) is 18.2 Å². The average Bonchev–Trinajstić information content (AvgIpc) is 2.83. The van der Waals surface area contributed by atoms with Gasteiger partial charge in [0.2, 0.25) is 0 Å². The van der Waals surface area contributed by atoms with Gasteiger partial charge in [-0.1, -0.05) is 6.07 Å². The number of nitrogen functional groups attached to an aromatic ring is 1. The van der Waals surface area contributed by atoms with Gasteiger partial charge >= 0.3 is 0 Å². The van der Waals surface area contributed by atoms with Crippen molar-refractivity contribution in [2.75, 3.05) is 11.1 Å². The lowest BCUT2D eigenvalue weighted by Crippen LogP contribution is -2.13. The van der Waals surface area contributed by atoms with E-state index in [0.717, 1.165) is 11.1 Å². The molecule has 4 heteroatoms. The number of carbonyl (C=O) groups excluding carboxylic acids is 1. The predicted octanol–water partition coefficient (Wildman–Crippen LogP) is 2.73. The van der Waals surface area contributed by atoms with Gasteiger partial charge in [-0.25, -0.2) is 0 Å². The maximum atomic E-state index is 11.8. The summed E-state index contributed by atoms with van der Waals surface area (Å²) in [6.07, 6.45) is 1.46. The number of carbonyl (C=O) groups is 1. The zero-order chi connectivity index (χ0) is 12.4. The molecule has 1 heterocycles. The minimum atomic E-state index is -0.296. The van der Waals surface area contributed by atoms with Gasteiger partial charge in [-0.05, 0) is 43.2 Å². The highest BCUT2D eigenvalue weighted by molar-refractivity contribution is 6.04. The number of hydrogen-bond acceptors (Lipinski definition) is 3. The summed E-state index contributed by atoms with van der Waals surface area (Å²) in [5.41, 5.74) is 9.08. The summed E-state index contributed by atoms with van der Waals surface area (Å²) >= 11 is 0. The maximum Gasteiger partial charge on any atom is 0.291 e. The standard InChI is InChI=1S/C13H14N2O2/c1-8-5-6-10(14)12(9(8)2)15-13(16)11-4-3-7-17-11/h3-7H,14H2,1-2H3,(H,15,16). The van der Waals surface area contributed by atoms with Crippen LogP contribution in [0.3, 0.4) is 0 Å². The second-order valence-corrected chi connectivity index (χ2v) is 3.90. The number of aryl methyl sites for hydroxylation is 1. The van der Waals surface area contributed by atoms with E-state index < -0.39 is 0 Å². The van der Waals surface area contributed by atoms with Crippen molar-refractivity contribution in [3.63, 3.8) is 0 Å². The first kappa shape index (κ1) is 11.3. The largest absolute Gasteiger partial charge is 0.459 e. The Bertz CT molecular complexity index is 545. The van der Waals surface area contributed by atoms with Crippen LogP contribution in [0.15, 0.2) is 34.9 Å². The Kier molecular flexibility index (Phi) is 2.87. The smallest absolute Gasteiger partial charge is 0.291 e. The number of furan rings is 1. The highest BCUT2D eigenvalue weighted by atomic mass is 16.3. The van der Waals surface area contributed by atoms with E-state index in [1.165, 1.54) is 6.26 Å². The first-order valence-corrected chi connectivity index (χ1v) is 5.30. The van der Waals surface area contributed by atoms with Crippen molar-refractivity contribution < 1.29 is 9.21 Å². The van der Waals surface area contributed by atoms with Crippen LogP contribution >= 0.6 is 0 Å². The van der Waals surface area contributed by atoms with Crippen molar-refractivity contribution in [1.82, 2.24) is 0 Å². The average molecular weight is 230 g/mol. The lowest BCUT2D eigenvalue weighted by Gasteiger charge is -2.12. The second kappa shape index (κ2) is 4.33. The molecule has 0 saturated heterocycles. The number of rotatable bonds is 2.